The monoisotopic (exact) mass is 758 g/mol. The molecular formula is C43H84NO7P. The molecule has 52 heavy (non-hydrogen) atoms. The standard InChI is InChI=1S/C43H84NO7P/c1-6-8-10-12-14-16-18-20-22-23-25-27-29-31-33-35-38-48-40-42(41-50-52(46,47)49-39-37-44(3,4)5)51-43(45)36-34-32-30-28-26-24-21-19-17-15-13-11-9-7-2/h14,16,20,22,42H,6-13,15,17-19,21,23-41H2,1-5H3/b16-14-,22-20-. The van der Waals surface area contributed by atoms with E-state index in [1.165, 1.54) is 116 Å². The van der Waals surface area contributed by atoms with E-state index in [4.69, 9.17) is 18.5 Å². The largest absolute Gasteiger partial charge is 0.756 e. The van der Waals surface area contributed by atoms with Gasteiger partial charge >= 0.3 is 5.97 Å². The number of quaternary nitrogens is 1. The van der Waals surface area contributed by atoms with Crippen molar-refractivity contribution >= 4 is 13.8 Å². The Balaban J connectivity index is 4.25. The van der Waals surface area contributed by atoms with Crippen LogP contribution in [-0.4, -0.2) is 70.7 Å². The van der Waals surface area contributed by atoms with Crippen LogP contribution in [0.15, 0.2) is 24.3 Å². The molecule has 9 heteroatoms. The first-order valence-corrected chi connectivity index (χ1v) is 23.0. The van der Waals surface area contributed by atoms with E-state index in [2.05, 4.69) is 38.2 Å². The molecule has 0 fully saturated rings. The fraction of sp³-hybridized carbons (Fsp3) is 0.884. The van der Waals surface area contributed by atoms with Crippen molar-refractivity contribution in [1.29, 1.82) is 0 Å². The number of hydrogen-bond donors (Lipinski definition) is 0. The van der Waals surface area contributed by atoms with Crippen molar-refractivity contribution in [3.8, 4) is 0 Å². The fourth-order valence-corrected chi connectivity index (χ4v) is 6.60. The zero-order chi connectivity index (χ0) is 38.4. The van der Waals surface area contributed by atoms with Gasteiger partial charge in [-0.15, -0.1) is 0 Å². The first-order chi connectivity index (χ1) is 25.1. The van der Waals surface area contributed by atoms with Gasteiger partial charge in [0.05, 0.1) is 34.4 Å². The average molecular weight is 758 g/mol. The van der Waals surface area contributed by atoms with Crippen molar-refractivity contribution in [2.45, 2.75) is 193 Å². The van der Waals surface area contributed by atoms with Gasteiger partial charge in [-0.3, -0.25) is 9.36 Å². The second kappa shape index (κ2) is 36.9. The second-order valence-electron chi connectivity index (χ2n) is 15.7. The summed E-state index contributed by atoms with van der Waals surface area (Å²) in [6, 6.07) is 0. The highest BCUT2D eigenvalue weighted by Crippen LogP contribution is 2.38. The lowest BCUT2D eigenvalue weighted by Gasteiger charge is -2.28. The van der Waals surface area contributed by atoms with Crippen molar-refractivity contribution in [3.63, 3.8) is 0 Å². The minimum atomic E-state index is -4.52. The Kier molecular flexibility index (Phi) is 36.2. The van der Waals surface area contributed by atoms with Gasteiger partial charge in [0.15, 0.2) is 0 Å². The summed E-state index contributed by atoms with van der Waals surface area (Å²) < 4.78 is 34.6. The summed E-state index contributed by atoms with van der Waals surface area (Å²) in [6.45, 7) is 5.38. The van der Waals surface area contributed by atoms with Crippen LogP contribution >= 0.6 is 7.82 Å². The van der Waals surface area contributed by atoms with Crippen LogP contribution in [-0.2, 0) is 27.9 Å². The molecule has 8 nitrogen and oxygen atoms in total. The molecule has 0 N–H and O–H groups in total. The zero-order valence-corrected chi connectivity index (χ0v) is 35.7. The van der Waals surface area contributed by atoms with Gasteiger partial charge < -0.3 is 27.9 Å². The van der Waals surface area contributed by atoms with Gasteiger partial charge in [0.2, 0.25) is 0 Å². The molecule has 0 aliphatic heterocycles. The Hall–Kier alpha value is -1.02. The number of ether oxygens (including phenoxy) is 2. The van der Waals surface area contributed by atoms with Crippen LogP contribution in [0.1, 0.15) is 187 Å². The van der Waals surface area contributed by atoms with Gasteiger partial charge in [-0.1, -0.05) is 160 Å². The lowest BCUT2D eigenvalue weighted by Crippen LogP contribution is -2.37. The number of phosphoric acid groups is 1. The number of hydrogen-bond acceptors (Lipinski definition) is 7. The molecule has 0 bridgehead atoms. The first kappa shape index (κ1) is 51.0. The van der Waals surface area contributed by atoms with Crippen molar-refractivity contribution < 1.29 is 37.3 Å². The lowest BCUT2D eigenvalue weighted by atomic mass is 10.0. The molecule has 2 unspecified atom stereocenters. The predicted molar refractivity (Wildman–Crippen MR) is 217 cm³/mol. The first-order valence-electron chi connectivity index (χ1n) is 21.6. The summed E-state index contributed by atoms with van der Waals surface area (Å²) >= 11 is 0. The number of likely N-dealkylation sites (N-methyl/N-ethyl adjacent to an activating group) is 1. The second-order valence-corrected chi connectivity index (χ2v) is 17.1. The molecule has 0 aliphatic rings. The molecule has 0 aromatic rings. The van der Waals surface area contributed by atoms with E-state index in [-0.39, 0.29) is 25.8 Å². The van der Waals surface area contributed by atoms with Crippen LogP contribution < -0.4 is 4.89 Å². The Morgan fingerprint density at radius 1 is 0.596 bits per heavy atom. The van der Waals surface area contributed by atoms with E-state index in [0.29, 0.717) is 24.1 Å². The molecular weight excluding hydrogens is 673 g/mol. The summed E-state index contributed by atoms with van der Waals surface area (Å²) in [5.41, 5.74) is 0. The number of carbonyl (C=O) groups excluding carboxylic acids is 1. The summed E-state index contributed by atoms with van der Waals surface area (Å²) in [5, 5.41) is 0. The highest BCUT2D eigenvalue weighted by atomic mass is 31.2. The van der Waals surface area contributed by atoms with Gasteiger partial charge in [0.25, 0.3) is 7.82 Å². The Bertz CT molecular complexity index is 889. The molecule has 0 aliphatic carbocycles. The number of esters is 1. The summed E-state index contributed by atoms with van der Waals surface area (Å²) in [4.78, 5) is 25.0. The Morgan fingerprint density at radius 3 is 1.60 bits per heavy atom. The highest BCUT2D eigenvalue weighted by molar-refractivity contribution is 7.45. The SMILES string of the molecule is CCCCC/C=C\C/C=C\CCCCCCCCOCC(COP(=O)([O-])OCC[N+](C)(C)C)OC(=O)CCCCCCCCCCCCCCCC. The quantitative estimate of drug-likeness (QED) is 0.0202. The van der Waals surface area contributed by atoms with Crippen molar-refractivity contribution in [1.82, 2.24) is 0 Å². The smallest absolute Gasteiger partial charge is 0.306 e. The van der Waals surface area contributed by atoms with Gasteiger partial charge in [-0.25, -0.2) is 0 Å². The third-order valence-corrected chi connectivity index (χ3v) is 10.2. The minimum absolute atomic E-state index is 0.0257. The van der Waals surface area contributed by atoms with Gasteiger partial charge in [0, 0.05) is 13.0 Å². The van der Waals surface area contributed by atoms with Crippen molar-refractivity contribution in [2.75, 3.05) is 54.1 Å². The number of allylic oxidation sites excluding steroid dienone is 4. The summed E-state index contributed by atoms with van der Waals surface area (Å²) in [7, 11) is 1.35. The number of unbranched alkanes of at least 4 members (excludes halogenated alkanes) is 22. The van der Waals surface area contributed by atoms with Crippen molar-refractivity contribution in [2.24, 2.45) is 0 Å². The minimum Gasteiger partial charge on any atom is -0.756 e. The van der Waals surface area contributed by atoms with Crippen LogP contribution in [0.5, 0.6) is 0 Å². The van der Waals surface area contributed by atoms with Gasteiger partial charge in [-0.2, -0.15) is 0 Å². The summed E-state index contributed by atoms with van der Waals surface area (Å²) in [5.74, 6) is -0.337. The van der Waals surface area contributed by atoms with Crippen LogP contribution in [0.3, 0.4) is 0 Å². The molecule has 0 saturated heterocycles. The van der Waals surface area contributed by atoms with Crippen LogP contribution in [0, 0.1) is 0 Å². The van der Waals surface area contributed by atoms with E-state index in [0.717, 1.165) is 51.4 Å². The molecule has 0 heterocycles. The Labute approximate surface area is 322 Å². The Morgan fingerprint density at radius 2 is 1.06 bits per heavy atom. The topological polar surface area (TPSA) is 94.1 Å². The van der Waals surface area contributed by atoms with Crippen molar-refractivity contribution in [3.05, 3.63) is 24.3 Å². The summed E-state index contributed by atoms with van der Waals surface area (Å²) in [6.07, 6.45) is 40.4. The molecule has 0 aromatic carbocycles. The van der Waals surface area contributed by atoms with E-state index >= 15 is 0 Å². The molecule has 2 atom stereocenters. The third kappa shape index (κ3) is 40.2. The van der Waals surface area contributed by atoms with Gasteiger partial charge in [-0.05, 0) is 44.9 Å². The molecule has 0 saturated carbocycles. The van der Waals surface area contributed by atoms with Crippen LogP contribution in [0.4, 0.5) is 0 Å². The maximum Gasteiger partial charge on any atom is 0.306 e. The van der Waals surface area contributed by atoms with Gasteiger partial charge in [0.1, 0.15) is 19.3 Å². The van der Waals surface area contributed by atoms with E-state index in [1.807, 2.05) is 21.1 Å². The van der Waals surface area contributed by atoms with E-state index < -0.39 is 13.9 Å². The fourth-order valence-electron chi connectivity index (χ4n) is 5.87. The number of carbonyl (C=O) groups is 1. The normalized spacial score (nSPS) is 14.0. The molecule has 0 radical (unpaired) electrons. The molecule has 0 spiro atoms. The predicted octanol–water partition coefficient (Wildman–Crippen LogP) is 11.8. The molecule has 308 valence electrons. The van der Waals surface area contributed by atoms with E-state index in [9.17, 15) is 14.3 Å². The highest BCUT2D eigenvalue weighted by Gasteiger charge is 2.20. The van der Waals surface area contributed by atoms with Crippen LogP contribution in [0.25, 0.3) is 0 Å². The third-order valence-electron chi connectivity index (χ3n) is 9.26. The maximum absolute atomic E-state index is 12.6. The number of phosphoric ester groups is 1. The lowest BCUT2D eigenvalue weighted by molar-refractivity contribution is -0.870. The van der Waals surface area contributed by atoms with E-state index in [1.54, 1.807) is 0 Å². The molecule has 0 amide bonds. The number of nitrogens with zero attached hydrogens (tertiary/aromatic N) is 1. The molecule has 0 aromatic heterocycles. The number of rotatable bonds is 40. The zero-order valence-electron chi connectivity index (χ0n) is 34.8. The van der Waals surface area contributed by atoms with Crippen LogP contribution in [0.2, 0.25) is 0 Å². The molecule has 0 rings (SSSR count). The average Bonchev–Trinajstić information content (AvgIpc) is 3.09. The maximum atomic E-state index is 12.6.